The molecule has 0 amide bonds. The van der Waals surface area contributed by atoms with E-state index >= 15 is 0 Å². The summed E-state index contributed by atoms with van der Waals surface area (Å²) < 4.78 is 5.60. The monoisotopic (exact) mass is 265 g/mol. The molecular weight excluding hydrogens is 238 g/mol. The Morgan fingerprint density at radius 1 is 1.16 bits per heavy atom. The van der Waals surface area contributed by atoms with Gasteiger partial charge in [0.2, 0.25) is 0 Å². The summed E-state index contributed by atoms with van der Waals surface area (Å²) in [5.74, 6) is 0.899. The SMILES string of the molecule is O=CC1(CN2CCCC3CCCCC32)CCCOC1. The molecule has 2 heterocycles. The van der Waals surface area contributed by atoms with E-state index in [4.69, 9.17) is 4.74 Å². The highest BCUT2D eigenvalue weighted by Crippen LogP contribution is 2.38. The van der Waals surface area contributed by atoms with E-state index in [9.17, 15) is 4.79 Å². The van der Waals surface area contributed by atoms with Gasteiger partial charge in [0.1, 0.15) is 6.29 Å². The average molecular weight is 265 g/mol. The highest BCUT2D eigenvalue weighted by atomic mass is 16.5. The summed E-state index contributed by atoms with van der Waals surface area (Å²) in [7, 11) is 0. The molecule has 0 aromatic carbocycles. The molecule has 0 spiro atoms. The fourth-order valence-corrected chi connectivity index (χ4v) is 4.46. The molecule has 3 heteroatoms. The predicted molar refractivity (Wildman–Crippen MR) is 75.1 cm³/mol. The van der Waals surface area contributed by atoms with Crippen LogP contribution in [0.25, 0.3) is 0 Å². The Balaban J connectivity index is 1.68. The summed E-state index contributed by atoms with van der Waals surface area (Å²) in [6.45, 7) is 3.61. The van der Waals surface area contributed by atoms with Crippen molar-refractivity contribution in [3.63, 3.8) is 0 Å². The van der Waals surface area contributed by atoms with Crippen molar-refractivity contribution >= 4 is 6.29 Å². The Hall–Kier alpha value is -0.410. The number of carbonyl (C=O) groups is 1. The van der Waals surface area contributed by atoms with Gasteiger partial charge in [-0.1, -0.05) is 12.8 Å². The number of rotatable bonds is 3. The Kier molecular flexibility index (Phi) is 4.23. The maximum absolute atomic E-state index is 11.6. The van der Waals surface area contributed by atoms with E-state index in [2.05, 4.69) is 4.90 Å². The molecule has 3 atom stereocenters. The molecule has 1 saturated carbocycles. The maximum Gasteiger partial charge on any atom is 0.129 e. The third-order valence-electron chi connectivity index (χ3n) is 5.48. The highest BCUT2D eigenvalue weighted by molar-refractivity contribution is 5.60. The largest absolute Gasteiger partial charge is 0.380 e. The smallest absolute Gasteiger partial charge is 0.129 e. The standard InChI is InChI=1S/C16H27NO2/c18-12-16(8-4-10-19-13-16)11-17-9-3-6-14-5-1-2-7-15(14)17/h12,14-15H,1-11,13H2. The minimum absolute atomic E-state index is 0.211. The van der Waals surface area contributed by atoms with Crippen molar-refractivity contribution in [1.29, 1.82) is 0 Å². The molecule has 3 aliphatic rings. The number of hydrogen-bond acceptors (Lipinski definition) is 3. The van der Waals surface area contributed by atoms with Gasteiger partial charge in [-0.15, -0.1) is 0 Å². The second-order valence-electron chi connectivity index (χ2n) is 6.86. The number of nitrogens with zero attached hydrogens (tertiary/aromatic N) is 1. The zero-order valence-corrected chi connectivity index (χ0v) is 12.0. The molecule has 0 N–H and O–H groups in total. The third kappa shape index (κ3) is 2.87. The van der Waals surface area contributed by atoms with Crippen LogP contribution in [-0.4, -0.2) is 43.5 Å². The van der Waals surface area contributed by atoms with Crippen LogP contribution in [-0.2, 0) is 9.53 Å². The first-order valence-electron chi connectivity index (χ1n) is 8.11. The van der Waals surface area contributed by atoms with Crippen molar-refractivity contribution in [2.75, 3.05) is 26.3 Å². The lowest BCUT2D eigenvalue weighted by Crippen LogP contribution is -2.53. The fraction of sp³-hybridized carbons (Fsp3) is 0.938. The van der Waals surface area contributed by atoms with E-state index in [0.717, 1.165) is 38.0 Å². The quantitative estimate of drug-likeness (QED) is 0.735. The molecule has 0 aromatic heterocycles. The number of ether oxygens (including phenoxy) is 1. The van der Waals surface area contributed by atoms with Crippen LogP contribution in [0.3, 0.4) is 0 Å². The van der Waals surface area contributed by atoms with Gasteiger partial charge < -0.3 is 9.53 Å². The molecule has 3 fully saturated rings. The summed E-state index contributed by atoms with van der Waals surface area (Å²) in [4.78, 5) is 14.2. The summed E-state index contributed by atoms with van der Waals surface area (Å²) >= 11 is 0. The zero-order valence-electron chi connectivity index (χ0n) is 12.0. The molecule has 3 rings (SSSR count). The molecule has 108 valence electrons. The molecule has 2 aliphatic heterocycles. The molecule has 0 bridgehead atoms. The van der Waals surface area contributed by atoms with Crippen molar-refractivity contribution in [1.82, 2.24) is 4.90 Å². The first kappa shape index (κ1) is 13.6. The summed E-state index contributed by atoms with van der Waals surface area (Å²) in [6.07, 6.45) is 11.5. The second-order valence-corrected chi connectivity index (χ2v) is 6.86. The molecule has 0 aromatic rings. The van der Waals surface area contributed by atoms with Crippen molar-refractivity contribution < 1.29 is 9.53 Å². The van der Waals surface area contributed by atoms with E-state index < -0.39 is 0 Å². The van der Waals surface area contributed by atoms with Gasteiger partial charge in [0.25, 0.3) is 0 Å². The van der Waals surface area contributed by atoms with Crippen LogP contribution in [0.5, 0.6) is 0 Å². The number of fused-ring (bicyclic) bond motifs is 1. The lowest BCUT2D eigenvalue weighted by atomic mass is 9.76. The second kappa shape index (κ2) is 5.92. The van der Waals surface area contributed by atoms with Crippen LogP contribution in [0.15, 0.2) is 0 Å². The Labute approximate surface area is 116 Å². The van der Waals surface area contributed by atoms with E-state index in [1.165, 1.54) is 51.4 Å². The van der Waals surface area contributed by atoms with Crippen molar-refractivity contribution in [3.8, 4) is 0 Å². The Morgan fingerprint density at radius 3 is 2.79 bits per heavy atom. The first-order chi connectivity index (χ1) is 9.33. The first-order valence-corrected chi connectivity index (χ1v) is 8.11. The number of likely N-dealkylation sites (tertiary alicyclic amines) is 1. The minimum atomic E-state index is -0.211. The van der Waals surface area contributed by atoms with Crippen molar-refractivity contribution in [2.45, 2.75) is 57.4 Å². The molecule has 0 radical (unpaired) electrons. The number of hydrogen-bond donors (Lipinski definition) is 0. The van der Waals surface area contributed by atoms with Gasteiger partial charge in [-0.25, -0.2) is 0 Å². The lowest BCUT2D eigenvalue weighted by molar-refractivity contribution is -0.127. The van der Waals surface area contributed by atoms with Crippen LogP contribution >= 0.6 is 0 Å². The van der Waals surface area contributed by atoms with E-state index in [1.54, 1.807) is 0 Å². The van der Waals surface area contributed by atoms with Gasteiger partial charge in [-0.05, 0) is 51.0 Å². The summed E-state index contributed by atoms with van der Waals surface area (Å²) in [6, 6.07) is 0.751. The molecule has 3 unspecified atom stereocenters. The maximum atomic E-state index is 11.6. The fourth-order valence-electron chi connectivity index (χ4n) is 4.46. The minimum Gasteiger partial charge on any atom is -0.380 e. The zero-order chi connectivity index (χ0) is 13.1. The molecule has 3 nitrogen and oxygen atoms in total. The number of aldehydes is 1. The van der Waals surface area contributed by atoms with Crippen LogP contribution < -0.4 is 0 Å². The van der Waals surface area contributed by atoms with Gasteiger partial charge in [0.15, 0.2) is 0 Å². The number of carbonyl (C=O) groups excluding carboxylic acids is 1. The molecular formula is C16H27NO2. The normalized spacial score (nSPS) is 40.6. The van der Waals surface area contributed by atoms with E-state index in [-0.39, 0.29) is 5.41 Å². The topological polar surface area (TPSA) is 29.5 Å². The highest BCUT2D eigenvalue weighted by Gasteiger charge is 2.40. The number of piperidine rings is 1. The van der Waals surface area contributed by atoms with Crippen LogP contribution in [0.1, 0.15) is 51.4 Å². The van der Waals surface area contributed by atoms with Crippen LogP contribution in [0.2, 0.25) is 0 Å². The average Bonchev–Trinajstić information content (AvgIpc) is 2.49. The van der Waals surface area contributed by atoms with Crippen LogP contribution in [0.4, 0.5) is 0 Å². The summed E-state index contributed by atoms with van der Waals surface area (Å²) in [5, 5.41) is 0. The van der Waals surface area contributed by atoms with Crippen molar-refractivity contribution in [3.05, 3.63) is 0 Å². The van der Waals surface area contributed by atoms with E-state index in [0.29, 0.717) is 6.61 Å². The van der Waals surface area contributed by atoms with Gasteiger partial charge in [0.05, 0.1) is 12.0 Å². The molecule has 2 saturated heterocycles. The van der Waals surface area contributed by atoms with Crippen LogP contribution in [0, 0.1) is 11.3 Å². The Bertz CT molecular complexity index is 310. The van der Waals surface area contributed by atoms with Gasteiger partial charge in [-0.3, -0.25) is 4.90 Å². The summed E-state index contributed by atoms with van der Waals surface area (Å²) in [5.41, 5.74) is -0.211. The molecule has 19 heavy (non-hydrogen) atoms. The Morgan fingerprint density at radius 2 is 2.00 bits per heavy atom. The predicted octanol–water partition coefficient (Wildman–Crippen LogP) is 2.64. The van der Waals surface area contributed by atoms with E-state index in [1.807, 2.05) is 0 Å². The van der Waals surface area contributed by atoms with Crippen molar-refractivity contribution in [2.24, 2.45) is 11.3 Å². The van der Waals surface area contributed by atoms with Gasteiger partial charge >= 0.3 is 0 Å². The van der Waals surface area contributed by atoms with Gasteiger partial charge in [-0.2, -0.15) is 0 Å². The van der Waals surface area contributed by atoms with Gasteiger partial charge in [0, 0.05) is 19.2 Å². The third-order valence-corrected chi connectivity index (χ3v) is 5.48. The lowest BCUT2D eigenvalue weighted by Gasteiger charge is -2.47. The molecule has 1 aliphatic carbocycles.